The van der Waals surface area contributed by atoms with Gasteiger partial charge in [-0.05, 0) is 44.2 Å². The first kappa shape index (κ1) is 12.7. The summed E-state index contributed by atoms with van der Waals surface area (Å²) in [4.78, 5) is 2.42. The van der Waals surface area contributed by atoms with Crippen molar-refractivity contribution in [1.29, 1.82) is 0 Å². The van der Waals surface area contributed by atoms with Crippen molar-refractivity contribution in [3.8, 4) is 0 Å². The van der Waals surface area contributed by atoms with Gasteiger partial charge in [0, 0.05) is 19.1 Å². The summed E-state index contributed by atoms with van der Waals surface area (Å²) in [5.41, 5.74) is 8.41. The van der Waals surface area contributed by atoms with Crippen molar-refractivity contribution in [3.63, 3.8) is 0 Å². The molecule has 1 heterocycles. The molecule has 17 heavy (non-hydrogen) atoms. The minimum absolute atomic E-state index is 0.178. The van der Waals surface area contributed by atoms with Crippen molar-refractivity contribution in [2.45, 2.75) is 38.6 Å². The third-order valence-electron chi connectivity index (χ3n) is 3.28. The summed E-state index contributed by atoms with van der Waals surface area (Å²) in [7, 11) is 0. The molecule has 1 aromatic carbocycles. The largest absolute Gasteiger partial charge is 0.370 e. The molecule has 1 aromatic rings. The van der Waals surface area contributed by atoms with E-state index in [2.05, 4.69) is 11.0 Å². The topological polar surface area (TPSA) is 29.3 Å². The van der Waals surface area contributed by atoms with E-state index in [9.17, 15) is 0 Å². The second-order valence-electron chi connectivity index (χ2n) is 4.98. The van der Waals surface area contributed by atoms with Crippen LogP contribution in [0.15, 0.2) is 18.2 Å². The minimum atomic E-state index is 0.178. The molecule has 0 spiro atoms. The highest BCUT2D eigenvalue weighted by Gasteiger charge is 2.17. The molecule has 2 nitrogen and oxygen atoms in total. The number of halogens is 1. The van der Waals surface area contributed by atoms with Gasteiger partial charge >= 0.3 is 0 Å². The highest BCUT2D eigenvalue weighted by molar-refractivity contribution is 6.33. The van der Waals surface area contributed by atoms with Crippen molar-refractivity contribution in [3.05, 3.63) is 28.8 Å². The van der Waals surface area contributed by atoms with E-state index in [0.29, 0.717) is 0 Å². The number of hydrogen-bond acceptors (Lipinski definition) is 2. The highest BCUT2D eigenvalue weighted by Crippen LogP contribution is 2.32. The molecule has 3 heteroatoms. The van der Waals surface area contributed by atoms with E-state index in [1.54, 1.807) is 0 Å². The Kier molecular flexibility index (Phi) is 4.30. The third-order valence-corrected chi connectivity index (χ3v) is 3.59. The Morgan fingerprint density at radius 3 is 2.65 bits per heavy atom. The lowest BCUT2D eigenvalue weighted by molar-refractivity contribution is 0.575. The van der Waals surface area contributed by atoms with Crippen LogP contribution in [-0.2, 0) is 6.42 Å². The van der Waals surface area contributed by atoms with Gasteiger partial charge in [-0.2, -0.15) is 0 Å². The van der Waals surface area contributed by atoms with Crippen LogP contribution in [0.4, 0.5) is 5.69 Å². The predicted octanol–water partition coefficient (Wildman–Crippen LogP) is 3.22. The van der Waals surface area contributed by atoms with E-state index in [1.165, 1.54) is 30.5 Å². The first-order chi connectivity index (χ1) is 8.18. The highest BCUT2D eigenvalue weighted by atomic mass is 35.5. The molecule has 1 fully saturated rings. The molecule has 0 aliphatic carbocycles. The Labute approximate surface area is 109 Å². The molecule has 1 saturated heterocycles. The van der Waals surface area contributed by atoms with E-state index in [1.807, 2.05) is 19.1 Å². The van der Waals surface area contributed by atoms with Crippen LogP contribution >= 0.6 is 11.6 Å². The molecule has 0 bridgehead atoms. The van der Waals surface area contributed by atoms with Gasteiger partial charge in [0.15, 0.2) is 0 Å². The average Bonchev–Trinajstić information content (AvgIpc) is 2.29. The van der Waals surface area contributed by atoms with Crippen molar-refractivity contribution in [2.24, 2.45) is 5.73 Å². The SMILES string of the molecule is CC(N)Cc1cccc(Cl)c1N1CCCCC1. The van der Waals surface area contributed by atoms with E-state index >= 15 is 0 Å². The summed E-state index contributed by atoms with van der Waals surface area (Å²) in [5.74, 6) is 0. The molecule has 1 aliphatic rings. The molecule has 94 valence electrons. The van der Waals surface area contributed by atoms with Gasteiger partial charge in [0.05, 0.1) is 10.7 Å². The van der Waals surface area contributed by atoms with Gasteiger partial charge in [0.25, 0.3) is 0 Å². The van der Waals surface area contributed by atoms with Crippen LogP contribution in [0.5, 0.6) is 0 Å². The lowest BCUT2D eigenvalue weighted by Gasteiger charge is -2.31. The molecular formula is C14H21ClN2. The van der Waals surface area contributed by atoms with Crippen LogP contribution in [0.25, 0.3) is 0 Å². The Morgan fingerprint density at radius 2 is 2.00 bits per heavy atom. The quantitative estimate of drug-likeness (QED) is 0.895. The summed E-state index contributed by atoms with van der Waals surface area (Å²) in [6.45, 7) is 4.28. The number of rotatable bonds is 3. The predicted molar refractivity (Wildman–Crippen MR) is 74.9 cm³/mol. The van der Waals surface area contributed by atoms with Gasteiger partial charge in [0.1, 0.15) is 0 Å². The lowest BCUT2D eigenvalue weighted by Crippen LogP contribution is -2.31. The zero-order valence-corrected chi connectivity index (χ0v) is 11.2. The average molecular weight is 253 g/mol. The molecule has 1 unspecified atom stereocenters. The van der Waals surface area contributed by atoms with Gasteiger partial charge < -0.3 is 10.6 Å². The second kappa shape index (κ2) is 5.74. The summed E-state index contributed by atoms with van der Waals surface area (Å²) < 4.78 is 0. The Morgan fingerprint density at radius 1 is 1.29 bits per heavy atom. The number of hydrogen-bond donors (Lipinski definition) is 1. The normalized spacial score (nSPS) is 18.2. The van der Waals surface area contributed by atoms with Gasteiger partial charge in [0.2, 0.25) is 0 Å². The van der Waals surface area contributed by atoms with E-state index < -0.39 is 0 Å². The molecule has 2 N–H and O–H groups in total. The van der Waals surface area contributed by atoms with Crippen LogP contribution in [-0.4, -0.2) is 19.1 Å². The molecule has 0 aromatic heterocycles. The summed E-state index contributed by atoms with van der Waals surface area (Å²) in [6.07, 6.45) is 4.77. The standard InChI is InChI=1S/C14H21ClN2/c1-11(16)10-12-6-5-7-13(15)14(12)17-8-3-2-4-9-17/h5-7,11H,2-4,8-10,16H2,1H3. The van der Waals surface area contributed by atoms with Gasteiger partial charge in [-0.15, -0.1) is 0 Å². The van der Waals surface area contributed by atoms with E-state index in [0.717, 1.165) is 24.5 Å². The third kappa shape index (κ3) is 3.14. The molecule has 0 saturated carbocycles. The number of nitrogens with zero attached hydrogens (tertiary/aromatic N) is 1. The number of para-hydroxylation sites is 1. The zero-order valence-electron chi connectivity index (χ0n) is 10.5. The molecule has 0 amide bonds. The second-order valence-corrected chi connectivity index (χ2v) is 5.38. The Hall–Kier alpha value is -0.730. The molecular weight excluding hydrogens is 232 g/mol. The van der Waals surface area contributed by atoms with Crippen molar-refractivity contribution in [1.82, 2.24) is 0 Å². The Bertz CT molecular complexity index is 370. The van der Waals surface area contributed by atoms with Crippen LogP contribution in [0, 0.1) is 0 Å². The summed E-state index contributed by atoms with van der Waals surface area (Å²) >= 11 is 6.36. The summed E-state index contributed by atoms with van der Waals surface area (Å²) in [5, 5.41) is 0.866. The smallest absolute Gasteiger partial charge is 0.0642 e. The molecule has 1 aliphatic heterocycles. The maximum absolute atomic E-state index is 6.36. The van der Waals surface area contributed by atoms with Crippen molar-refractivity contribution < 1.29 is 0 Å². The first-order valence-corrected chi connectivity index (χ1v) is 6.84. The monoisotopic (exact) mass is 252 g/mol. The van der Waals surface area contributed by atoms with Gasteiger partial charge in [-0.3, -0.25) is 0 Å². The number of nitrogens with two attached hydrogens (primary N) is 1. The summed E-state index contributed by atoms with van der Waals surface area (Å²) in [6, 6.07) is 6.33. The van der Waals surface area contributed by atoms with E-state index in [4.69, 9.17) is 17.3 Å². The van der Waals surface area contributed by atoms with Crippen molar-refractivity contribution >= 4 is 17.3 Å². The fraction of sp³-hybridized carbons (Fsp3) is 0.571. The van der Waals surface area contributed by atoms with Crippen LogP contribution < -0.4 is 10.6 Å². The van der Waals surface area contributed by atoms with E-state index in [-0.39, 0.29) is 6.04 Å². The first-order valence-electron chi connectivity index (χ1n) is 6.46. The maximum Gasteiger partial charge on any atom is 0.0642 e. The minimum Gasteiger partial charge on any atom is -0.370 e. The van der Waals surface area contributed by atoms with Crippen LogP contribution in [0.2, 0.25) is 5.02 Å². The lowest BCUT2D eigenvalue weighted by atomic mass is 10.0. The van der Waals surface area contributed by atoms with Gasteiger partial charge in [-0.1, -0.05) is 23.7 Å². The fourth-order valence-electron chi connectivity index (χ4n) is 2.54. The van der Waals surface area contributed by atoms with Crippen LogP contribution in [0.3, 0.4) is 0 Å². The van der Waals surface area contributed by atoms with Crippen molar-refractivity contribution in [2.75, 3.05) is 18.0 Å². The van der Waals surface area contributed by atoms with Crippen LogP contribution in [0.1, 0.15) is 31.7 Å². The molecule has 1 atom stereocenters. The zero-order chi connectivity index (χ0) is 12.3. The number of piperidine rings is 1. The maximum atomic E-state index is 6.36. The molecule has 0 radical (unpaired) electrons. The molecule has 2 rings (SSSR count). The number of benzene rings is 1. The fourth-order valence-corrected chi connectivity index (χ4v) is 2.86. The van der Waals surface area contributed by atoms with Gasteiger partial charge in [-0.25, -0.2) is 0 Å². The number of anilines is 1. The Balaban J connectivity index is 2.28.